The Hall–Kier alpha value is -2.62. The molecule has 29 heavy (non-hydrogen) atoms. The van der Waals surface area contributed by atoms with Gasteiger partial charge >= 0.3 is 12.0 Å². The van der Waals surface area contributed by atoms with E-state index in [1.807, 2.05) is 6.26 Å². The smallest absolute Gasteiger partial charge is 0.328 e. The molecule has 0 radical (unpaired) electrons. The zero-order valence-electron chi connectivity index (χ0n) is 16.1. The second-order valence-corrected chi connectivity index (χ2v) is 7.57. The van der Waals surface area contributed by atoms with Crippen molar-refractivity contribution in [1.29, 1.82) is 0 Å². The topological polar surface area (TPSA) is 87.3 Å². The highest BCUT2D eigenvalue weighted by molar-refractivity contribution is 7.98. The van der Waals surface area contributed by atoms with Gasteiger partial charge in [0, 0.05) is 24.2 Å². The summed E-state index contributed by atoms with van der Waals surface area (Å²) < 4.78 is 33.2. The molecule has 0 spiro atoms. The van der Waals surface area contributed by atoms with Crippen molar-refractivity contribution in [2.75, 3.05) is 25.7 Å². The summed E-state index contributed by atoms with van der Waals surface area (Å²) in [4.78, 5) is 33.7. The standard InChI is InChI=1S/C19H22F2N4O3S/c1-28-18(26)15(6-8-29-2)24-19(27)25-7-5-14-16(23-10-22-14)17(25)12-9-11(20)3-4-13(12)21/h3-4,9-10,15,17H,5-8H2,1-2H3,(H,22,23)(H,24,27)/t15-,17-/m0/s1. The number of nitrogens with one attached hydrogen (secondary N) is 2. The zero-order valence-corrected chi connectivity index (χ0v) is 16.9. The van der Waals surface area contributed by atoms with Crippen molar-refractivity contribution in [2.24, 2.45) is 0 Å². The number of carbonyl (C=O) groups excluding carboxylic acids is 2. The number of benzene rings is 1. The minimum absolute atomic E-state index is 0.00642. The molecule has 0 unspecified atom stereocenters. The van der Waals surface area contributed by atoms with Crippen LogP contribution in [-0.2, 0) is 16.0 Å². The predicted molar refractivity (Wildman–Crippen MR) is 105 cm³/mol. The molecule has 156 valence electrons. The summed E-state index contributed by atoms with van der Waals surface area (Å²) in [6, 6.07) is 0.794. The number of aromatic amines is 1. The number of esters is 1. The van der Waals surface area contributed by atoms with Crippen molar-refractivity contribution in [1.82, 2.24) is 20.2 Å². The first-order valence-electron chi connectivity index (χ1n) is 9.07. The first-order chi connectivity index (χ1) is 14.0. The van der Waals surface area contributed by atoms with Gasteiger partial charge in [-0.15, -0.1) is 0 Å². The summed E-state index contributed by atoms with van der Waals surface area (Å²) in [7, 11) is 1.25. The minimum Gasteiger partial charge on any atom is -0.467 e. The number of H-pyrrole nitrogens is 1. The van der Waals surface area contributed by atoms with Crippen LogP contribution in [0.5, 0.6) is 0 Å². The normalized spacial score (nSPS) is 16.8. The maximum absolute atomic E-state index is 14.6. The second kappa shape index (κ2) is 9.25. The fraction of sp³-hybridized carbons (Fsp3) is 0.421. The lowest BCUT2D eigenvalue weighted by atomic mass is 9.95. The molecule has 10 heteroatoms. The summed E-state index contributed by atoms with van der Waals surface area (Å²) in [5, 5.41) is 2.67. The highest BCUT2D eigenvalue weighted by Gasteiger charge is 2.37. The molecule has 2 heterocycles. The number of aromatic nitrogens is 2. The molecular formula is C19H22F2N4O3S. The number of imidazole rings is 1. The van der Waals surface area contributed by atoms with Crippen LogP contribution in [0.2, 0.25) is 0 Å². The largest absolute Gasteiger partial charge is 0.467 e. The second-order valence-electron chi connectivity index (χ2n) is 6.58. The summed E-state index contributed by atoms with van der Waals surface area (Å²) in [5.41, 5.74) is 1.22. The van der Waals surface area contributed by atoms with Gasteiger partial charge in [0.2, 0.25) is 0 Å². The number of hydrogen-bond donors (Lipinski definition) is 2. The Bertz CT molecular complexity index is 892. The number of carbonyl (C=O) groups is 2. The molecule has 1 aliphatic heterocycles. The first-order valence-corrected chi connectivity index (χ1v) is 10.5. The number of hydrogen-bond acceptors (Lipinski definition) is 5. The van der Waals surface area contributed by atoms with Crippen LogP contribution in [0, 0.1) is 11.6 Å². The average molecular weight is 424 g/mol. The minimum atomic E-state index is -0.917. The number of thioether (sulfide) groups is 1. The van der Waals surface area contributed by atoms with Crippen LogP contribution >= 0.6 is 11.8 Å². The van der Waals surface area contributed by atoms with Gasteiger partial charge in [-0.25, -0.2) is 23.4 Å². The van der Waals surface area contributed by atoms with Crippen molar-refractivity contribution in [3.8, 4) is 0 Å². The molecule has 0 bridgehead atoms. The van der Waals surface area contributed by atoms with Crippen molar-refractivity contribution in [3.05, 3.63) is 53.1 Å². The molecule has 0 saturated carbocycles. The van der Waals surface area contributed by atoms with Crippen molar-refractivity contribution in [3.63, 3.8) is 0 Å². The van der Waals surface area contributed by atoms with Crippen LogP contribution in [0.4, 0.5) is 13.6 Å². The Morgan fingerprint density at radius 1 is 1.45 bits per heavy atom. The Morgan fingerprint density at radius 2 is 2.24 bits per heavy atom. The molecular weight excluding hydrogens is 402 g/mol. The van der Waals surface area contributed by atoms with Crippen LogP contribution in [0.3, 0.4) is 0 Å². The number of halogens is 2. The van der Waals surface area contributed by atoms with Crippen LogP contribution in [0.25, 0.3) is 0 Å². The third kappa shape index (κ3) is 4.52. The van der Waals surface area contributed by atoms with Gasteiger partial charge in [-0.3, -0.25) is 0 Å². The van der Waals surface area contributed by atoms with Gasteiger partial charge in [0.25, 0.3) is 0 Å². The number of methoxy groups -OCH3 is 1. The molecule has 1 aromatic heterocycles. The number of ether oxygens (including phenoxy) is 1. The number of amides is 2. The van der Waals surface area contributed by atoms with Gasteiger partial charge in [-0.2, -0.15) is 11.8 Å². The van der Waals surface area contributed by atoms with E-state index in [0.29, 0.717) is 24.3 Å². The highest BCUT2D eigenvalue weighted by atomic mass is 32.2. The van der Waals surface area contributed by atoms with E-state index in [4.69, 9.17) is 4.74 Å². The lowest BCUT2D eigenvalue weighted by Gasteiger charge is -2.36. The number of urea groups is 1. The summed E-state index contributed by atoms with van der Waals surface area (Å²) in [6.07, 6.45) is 4.22. The van der Waals surface area contributed by atoms with E-state index >= 15 is 0 Å². The van der Waals surface area contributed by atoms with E-state index in [0.717, 1.165) is 23.9 Å². The highest BCUT2D eigenvalue weighted by Crippen LogP contribution is 2.35. The molecule has 1 aromatic carbocycles. The van der Waals surface area contributed by atoms with Crippen LogP contribution < -0.4 is 5.32 Å². The monoisotopic (exact) mass is 424 g/mol. The van der Waals surface area contributed by atoms with Gasteiger partial charge in [0.1, 0.15) is 23.7 Å². The third-order valence-corrected chi connectivity index (χ3v) is 5.48. The van der Waals surface area contributed by atoms with E-state index in [-0.39, 0.29) is 12.1 Å². The number of nitrogens with zero attached hydrogens (tertiary/aromatic N) is 2. The molecule has 0 saturated heterocycles. The van der Waals surface area contributed by atoms with E-state index in [1.54, 1.807) is 0 Å². The lowest BCUT2D eigenvalue weighted by molar-refractivity contribution is -0.142. The van der Waals surface area contributed by atoms with Gasteiger partial charge in [-0.1, -0.05) is 0 Å². The van der Waals surface area contributed by atoms with Crippen LogP contribution in [-0.4, -0.2) is 58.6 Å². The molecule has 2 amide bonds. The molecule has 1 aliphatic rings. The van der Waals surface area contributed by atoms with E-state index < -0.39 is 35.7 Å². The average Bonchev–Trinajstić information content (AvgIpc) is 3.20. The van der Waals surface area contributed by atoms with Gasteiger partial charge in [0.05, 0.1) is 19.1 Å². The van der Waals surface area contributed by atoms with Gasteiger partial charge in [0.15, 0.2) is 0 Å². The van der Waals surface area contributed by atoms with E-state index in [1.165, 1.54) is 30.1 Å². The lowest BCUT2D eigenvalue weighted by Crippen LogP contribution is -2.51. The third-order valence-electron chi connectivity index (χ3n) is 4.83. The van der Waals surface area contributed by atoms with Gasteiger partial charge < -0.3 is 19.9 Å². The number of fused-ring (bicyclic) bond motifs is 1. The molecule has 3 rings (SSSR count). The molecule has 0 fully saturated rings. The Kier molecular flexibility index (Phi) is 6.73. The summed E-state index contributed by atoms with van der Waals surface area (Å²) in [6.45, 7) is 0.248. The van der Waals surface area contributed by atoms with Crippen LogP contribution in [0.15, 0.2) is 24.5 Å². The Balaban J connectivity index is 1.93. The number of rotatable bonds is 6. The van der Waals surface area contributed by atoms with Gasteiger partial charge in [-0.05, 0) is 36.6 Å². The van der Waals surface area contributed by atoms with Crippen molar-refractivity contribution in [2.45, 2.75) is 24.9 Å². The van der Waals surface area contributed by atoms with Crippen LogP contribution in [0.1, 0.15) is 29.4 Å². The predicted octanol–water partition coefficient (Wildman–Crippen LogP) is 2.64. The molecule has 2 aromatic rings. The maximum atomic E-state index is 14.6. The summed E-state index contributed by atoms with van der Waals surface area (Å²) >= 11 is 1.54. The van der Waals surface area contributed by atoms with E-state index in [9.17, 15) is 18.4 Å². The fourth-order valence-electron chi connectivity index (χ4n) is 3.39. The zero-order chi connectivity index (χ0) is 21.0. The van der Waals surface area contributed by atoms with E-state index in [2.05, 4.69) is 15.3 Å². The first kappa shape index (κ1) is 21.1. The molecule has 2 N–H and O–H groups in total. The Labute approximate surface area is 171 Å². The molecule has 2 atom stereocenters. The fourth-order valence-corrected chi connectivity index (χ4v) is 3.86. The quantitative estimate of drug-likeness (QED) is 0.697. The van der Waals surface area contributed by atoms with Crippen molar-refractivity contribution < 1.29 is 23.1 Å². The Morgan fingerprint density at radius 3 is 2.97 bits per heavy atom. The summed E-state index contributed by atoms with van der Waals surface area (Å²) in [5.74, 6) is -1.17. The maximum Gasteiger partial charge on any atom is 0.328 e. The van der Waals surface area contributed by atoms with Crippen molar-refractivity contribution >= 4 is 23.8 Å². The molecule has 0 aliphatic carbocycles. The SMILES string of the molecule is COC(=O)[C@H](CCSC)NC(=O)N1CCc2[nH]cnc2[C@@H]1c1cc(F)ccc1F. The molecule has 7 nitrogen and oxygen atoms in total.